The molecule has 8 rings (SSSR count). The third-order valence-corrected chi connectivity index (χ3v) is 10.2. The second-order valence-corrected chi connectivity index (χ2v) is 15.0. The fourth-order valence-electron chi connectivity index (χ4n) is 7.79. The Kier molecular flexibility index (Phi) is 8.92. The third-order valence-electron chi connectivity index (χ3n) is 10.2. The first-order valence-corrected chi connectivity index (χ1v) is 17.3. The van der Waals surface area contributed by atoms with Crippen LogP contribution >= 0.6 is 0 Å². The zero-order valence-corrected chi connectivity index (χ0v) is 32.3. The van der Waals surface area contributed by atoms with E-state index in [0.717, 1.165) is 39.1 Å². The summed E-state index contributed by atoms with van der Waals surface area (Å²) in [5.41, 5.74) is 13.6. The molecule has 1 aliphatic rings. The molecule has 0 fully saturated rings. The molecule has 0 saturated heterocycles. The van der Waals surface area contributed by atoms with Crippen LogP contribution in [0.25, 0.3) is 33.5 Å². The average molecular weight is 846 g/mol. The Labute approximate surface area is 315 Å². The van der Waals surface area contributed by atoms with E-state index in [0.29, 0.717) is 11.5 Å². The first kappa shape index (κ1) is 34.7. The van der Waals surface area contributed by atoms with Crippen molar-refractivity contribution < 1.29 is 30.2 Å². The molecule has 0 bridgehead atoms. The number of aromatic nitrogens is 2. The predicted molar refractivity (Wildman–Crippen MR) is 205 cm³/mol. The van der Waals surface area contributed by atoms with Crippen LogP contribution in [0, 0.1) is 26.0 Å². The summed E-state index contributed by atoms with van der Waals surface area (Å²) in [7, 11) is 0. The SMILES string of the molecule is Cc1cccc(C)c1B1c2ccnc(-c3[c-]c(Oc4[c-]c(-c5cc(C(C)(C)C)ccn5)ccc4)ccc3)c2C(C)(C)c2c1oc1ccccc21.[Pt+2]. The van der Waals surface area contributed by atoms with Gasteiger partial charge in [-0.25, -0.2) is 0 Å². The number of ether oxygens (including phenoxy) is 1. The van der Waals surface area contributed by atoms with Crippen molar-refractivity contribution in [2.45, 2.75) is 59.3 Å². The molecule has 0 radical (unpaired) electrons. The molecule has 51 heavy (non-hydrogen) atoms. The Hall–Kier alpha value is -4.73. The quantitative estimate of drug-likeness (QED) is 0.128. The van der Waals surface area contributed by atoms with Crippen molar-refractivity contribution >= 4 is 34.3 Å². The first-order chi connectivity index (χ1) is 24.0. The summed E-state index contributed by atoms with van der Waals surface area (Å²) in [6.45, 7) is 15.5. The Morgan fingerprint density at radius 1 is 0.725 bits per heavy atom. The average Bonchev–Trinajstić information content (AvgIpc) is 3.50. The van der Waals surface area contributed by atoms with E-state index in [9.17, 15) is 0 Å². The Morgan fingerprint density at radius 2 is 1.37 bits per heavy atom. The van der Waals surface area contributed by atoms with E-state index in [2.05, 4.69) is 126 Å². The van der Waals surface area contributed by atoms with Crippen molar-refractivity contribution in [3.63, 3.8) is 0 Å². The van der Waals surface area contributed by atoms with E-state index in [1.54, 1.807) is 0 Å². The van der Waals surface area contributed by atoms with Gasteiger partial charge in [-0.1, -0.05) is 117 Å². The number of benzene rings is 4. The molecule has 0 unspecified atom stereocenters. The number of hydrogen-bond acceptors (Lipinski definition) is 4. The molecule has 4 nitrogen and oxygen atoms in total. The van der Waals surface area contributed by atoms with Gasteiger partial charge in [-0.2, -0.15) is 0 Å². The van der Waals surface area contributed by atoms with Gasteiger partial charge >= 0.3 is 21.1 Å². The molecule has 7 aromatic rings. The molecule has 6 heteroatoms. The van der Waals surface area contributed by atoms with Crippen molar-refractivity contribution in [3.8, 4) is 34.0 Å². The minimum absolute atomic E-state index is 0. The van der Waals surface area contributed by atoms with Gasteiger partial charge in [0, 0.05) is 40.3 Å². The van der Waals surface area contributed by atoms with Crippen molar-refractivity contribution in [2.24, 2.45) is 0 Å². The predicted octanol–water partition coefficient (Wildman–Crippen LogP) is 9.02. The standard InChI is InChI=1S/C45H39BN2O2.Pt/c1-28-13-10-14-29(2)41(28)46-36-22-24-48-42(40(36)45(6,7)39-35-19-8-9-20-38(35)50-43(39)46)31-16-12-18-34(26-31)49-33-17-11-15-30(25-33)37-27-32(21-23-47-37)44(3,4)5;/h8-24,27H,1-7H3;/q-2;+2. The van der Waals surface area contributed by atoms with Crippen LogP contribution in [0.4, 0.5) is 0 Å². The summed E-state index contributed by atoms with van der Waals surface area (Å²) in [5.74, 6) is 1.20. The number of furan rings is 1. The van der Waals surface area contributed by atoms with Crippen LogP contribution in [-0.2, 0) is 31.9 Å². The fourth-order valence-corrected chi connectivity index (χ4v) is 7.79. The van der Waals surface area contributed by atoms with Gasteiger partial charge in [0.2, 0.25) is 0 Å². The van der Waals surface area contributed by atoms with Crippen molar-refractivity contribution in [3.05, 3.63) is 149 Å². The van der Waals surface area contributed by atoms with Crippen LogP contribution in [0.1, 0.15) is 62.4 Å². The van der Waals surface area contributed by atoms with Gasteiger partial charge in [0.15, 0.2) is 0 Å². The maximum atomic E-state index is 6.80. The number of aryl methyl sites for hydroxylation is 2. The molecular weight excluding hydrogens is 806 g/mol. The van der Waals surface area contributed by atoms with Crippen LogP contribution < -0.4 is 21.3 Å². The zero-order valence-electron chi connectivity index (χ0n) is 30.0. The van der Waals surface area contributed by atoms with E-state index in [-0.39, 0.29) is 33.2 Å². The summed E-state index contributed by atoms with van der Waals surface area (Å²) >= 11 is 0. The van der Waals surface area contributed by atoms with Gasteiger partial charge < -0.3 is 19.1 Å². The number of para-hydroxylation sites is 1. The summed E-state index contributed by atoms with van der Waals surface area (Å²) in [6.07, 6.45) is 3.79. The Bertz CT molecular complexity index is 2400. The first-order valence-electron chi connectivity index (χ1n) is 17.3. The topological polar surface area (TPSA) is 48.2 Å². The van der Waals surface area contributed by atoms with Crippen molar-refractivity contribution in [2.75, 3.05) is 0 Å². The van der Waals surface area contributed by atoms with Gasteiger partial charge in [-0.15, -0.1) is 47.5 Å². The molecule has 0 atom stereocenters. The summed E-state index contributed by atoms with van der Waals surface area (Å²) in [6, 6.07) is 40.3. The van der Waals surface area contributed by atoms with Crippen LogP contribution in [-0.4, -0.2) is 16.7 Å². The maximum absolute atomic E-state index is 6.80. The summed E-state index contributed by atoms with van der Waals surface area (Å²) in [5, 5.41) is 1.14. The molecule has 0 amide bonds. The third kappa shape index (κ3) is 6.06. The molecule has 0 aliphatic carbocycles. The number of nitrogens with zero attached hydrogens (tertiary/aromatic N) is 2. The van der Waals surface area contributed by atoms with E-state index in [4.69, 9.17) is 14.1 Å². The van der Waals surface area contributed by atoms with Gasteiger partial charge in [0.05, 0.1) is 5.66 Å². The van der Waals surface area contributed by atoms with E-state index in [1.807, 2.05) is 48.8 Å². The number of rotatable bonds is 5. The maximum Gasteiger partial charge on any atom is 2.00 e. The van der Waals surface area contributed by atoms with E-state index >= 15 is 0 Å². The minimum atomic E-state index is -0.407. The molecule has 0 spiro atoms. The molecule has 254 valence electrons. The second kappa shape index (κ2) is 13.1. The Morgan fingerprint density at radius 3 is 2.10 bits per heavy atom. The summed E-state index contributed by atoms with van der Waals surface area (Å²) < 4.78 is 13.2. The van der Waals surface area contributed by atoms with Crippen LogP contribution in [0.2, 0.25) is 0 Å². The van der Waals surface area contributed by atoms with Gasteiger partial charge in [-0.05, 0) is 54.4 Å². The van der Waals surface area contributed by atoms with E-state index in [1.165, 1.54) is 38.7 Å². The molecule has 0 N–H and O–H groups in total. The number of pyridine rings is 2. The van der Waals surface area contributed by atoms with Crippen molar-refractivity contribution in [1.82, 2.24) is 9.97 Å². The number of fused-ring (bicyclic) bond motifs is 4. The van der Waals surface area contributed by atoms with Crippen LogP contribution in [0.5, 0.6) is 11.5 Å². The van der Waals surface area contributed by atoms with Gasteiger partial charge in [-0.3, -0.25) is 0 Å². The van der Waals surface area contributed by atoms with Crippen LogP contribution in [0.3, 0.4) is 0 Å². The van der Waals surface area contributed by atoms with E-state index < -0.39 is 5.41 Å². The smallest absolute Gasteiger partial charge is 0.497 e. The number of hydrogen-bond donors (Lipinski definition) is 0. The molecule has 0 saturated carbocycles. The monoisotopic (exact) mass is 845 g/mol. The zero-order chi connectivity index (χ0) is 34.8. The molecule has 4 aromatic carbocycles. The molecule has 1 aliphatic heterocycles. The van der Waals surface area contributed by atoms with Gasteiger partial charge in [0.1, 0.15) is 5.58 Å². The molecule has 4 heterocycles. The molecular formula is C45H39BN2O2Pt. The fraction of sp³-hybridized carbons (Fsp3) is 0.200. The minimum Gasteiger partial charge on any atom is -0.497 e. The second-order valence-electron chi connectivity index (χ2n) is 15.0. The van der Waals surface area contributed by atoms with Crippen LogP contribution in [0.15, 0.2) is 114 Å². The Balaban J connectivity index is 0.00000406. The van der Waals surface area contributed by atoms with Gasteiger partial charge in [0.25, 0.3) is 6.71 Å². The van der Waals surface area contributed by atoms with Crippen molar-refractivity contribution in [1.29, 1.82) is 0 Å². The normalized spacial score (nSPS) is 13.4. The summed E-state index contributed by atoms with van der Waals surface area (Å²) in [4.78, 5) is 9.70. The largest absolute Gasteiger partial charge is 2.00 e. The molecule has 3 aromatic heterocycles.